The molecule has 0 unspecified atom stereocenters. The summed E-state index contributed by atoms with van der Waals surface area (Å²) in [6, 6.07) is 0.615. The third-order valence-corrected chi connectivity index (χ3v) is 6.80. The summed E-state index contributed by atoms with van der Waals surface area (Å²) in [4.78, 5) is 8.39. The quantitative estimate of drug-likeness (QED) is 0.764. The van der Waals surface area contributed by atoms with Gasteiger partial charge in [-0.05, 0) is 46.0 Å². The molecule has 0 atom stereocenters. The number of aromatic nitrogens is 4. The molecule has 2 aromatic heterocycles. The first-order valence-corrected chi connectivity index (χ1v) is 10.3. The van der Waals surface area contributed by atoms with E-state index in [-0.39, 0.29) is 0 Å². The molecule has 0 bridgehead atoms. The van der Waals surface area contributed by atoms with Crippen molar-refractivity contribution >= 4 is 29.0 Å². The monoisotopic (exact) mass is 349 g/mol. The van der Waals surface area contributed by atoms with Crippen molar-refractivity contribution < 1.29 is 0 Å². The Kier molecular flexibility index (Phi) is 4.32. The van der Waals surface area contributed by atoms with Crippen LogP contribution in [0.25, 0.3) is 0 Å². The molecule has 23 heavy (non-hydrogen) atoms. The number of nitrogens with zero attached hydrogens (tertiary/aromatic N) is 5. The van der Waals surface area contributed by atoms with Crippen LogP contribution in [0.15, 0.2) is 5.16 Å². The molecule has 0 spiro atoms. The Balaban J connectivity index is 1.52. The van der Waals surface area contributed by atoms with Crippen LogP contribution in [0.1, 0.15) is 53.7 Å². The van der Waals surface area contributed by atoms with Gasteiger partial charge in [0.2, 0.25) is 5.95 Å². The van der Waals surface area contributed by atoms with Crippen LogP contribution in [0.3, 0.4) is 0 Å². The maximum absolute atomic E-state index is 4.64. The Morgan fingerprint density at radius 3 is 2.57 bits per heavy atom. The normalized spacial score (nSPS) is 18.6. The molecule has 1 aliphatic carbocycles. The van der Waals surface area contributed by atoms with Gasteiger partial charge in [-0.2, -0.15) is 0 Å². The Hall–Kier alpha value is -1.08. The van der Waals surface area contributed by atoms with Crippen LogP contribution >= 0.6 is 23.1 Å². The van der Waals surface area contributed by atoms with Crippen LogP contribution in [-0.4, -0.2) is 32.8 Å². The smallest absolute Gasteiger partial charge is 0.228 e. The van der Waals surface area contributed by atoms with Crippen LogP contribution in [0.5, 0.6) is 0 Å². The molecule has 3 heterocycles. The van der Waals surface area contributed by atoms with Crippen LogP contribution in [0, 0.1) is 13.8 Å². The Morgan fingerprint density at radius 1 is 1.13 bits per heavy atom. The van der Waals surface area contributed by atoms with Gasteiger partial charge >= 0.3 is 0 Å². The third kappa shape index (κ3) is 3.26. The topological polar surface area (TPSA) is 46.8 Å². The van der Waals surface area contributed by atoms with E-state index >= 15 is 0 Å². The van der Waals surface area contributed by atoms with E-state index in [9.17, 15) is 0 Å². The van der Waals surface area contributed by atoms with Crippen molar-refractivity contribution in [3.63, 3.8) is 0 Å². The maximum atomic E-state index is 4.64. The first-order valence-electron chi connectivity index (χ1n) is 8.48. The molecule has 4 rings (SSSR count). The second kappa shape index (κ2) is 6.43. The summed E-state index contributed by atoms with van der Waals surface area (Å²) >= 11 is 3.58. The van der Waals surface area contributed by atoms with E-state index < -0.39 is 0 Å². The molecule has 0 amide bonds. The number of aryl methyl sites for hydroxylation is 2. The number of hydrogen-bond acceptors (Lipinski definition) is 6. The average molecular weight is 350 g/mol. The van der Waals surface area contributed by atoms with Gasteiger partial charge in [0.1, 0.15) is 5.01 Å². The first kappa shape index (κ1) is 15.4. The molecule has 2 aromatic rings. The molecule has 7 heteroatoms. The van der Waals surface area contributed by atoms with Crippen molar-refractivity contribution in [2.24, 2.45) is 0 Å². The summed E-state index contributed by atoms with van der Waals surface area (Å²) in [7, 11) is 0. The van der Waals surface area contributed by atoms with E-state index in [4.69, 9.17) is 0 Å². The maximum Gasteiger partial charge on any atom is 0.228 e. The number of rotatable bonds is 5. The summed E-state index contributed by atoms with van der Waals surface area (Å²) in [5.41, 5.74) is 1.16. The molecular formula is C16H23N5S2. The van der Waals surface area contributed by atoms with Crippen molar-refractivity contribution in [1.82, 2.24) is 19.7 Å². The van der Waals surface area contributed by atoms with Gasteiger partial charge in [0.15, 0.2) is 5.16 Å². The van der Waals surface area contributed by atoms with Crippen LogP contribution in [0.2, 0.25) is 0 Å². The average Bonchev–Trinajstić information content (AvgIpc) is 3.24. The predicted molar refractivity (Wildman–Crippen MR) is 95.5 cm³/mol. The fraction of sp³-hybridized carbons (Fsp3) is 0.688. The highest BCUT2D eigenvalue weighted by atomic mass is 32.2. The lowest BCUT2D eigenvalue weighted by atomic mass is 10.1. The van der Waals surface area contributed by atoms with Crippen molar-refractivity contribution in [3.05, 3.63) is 15.6 Å². The van der Waals surface area contributed by atoms with Gasteiger partial charge in [0, 0.05) is 24.0 Å². The molecular weight excluding hydrogens is 326 g/mol. The lowest BCUT2D eigenvalue weighted by Crippen LogP contribution is -2.31. The van der Waals surface area contributed by atoms with Crippen LogP contribution in [-0.2, 0) is 5.75 Å². The highest BCUT2D eigenvalue weighted by molar-refractivity contribution is 7.98. The van der Waals surface area contributed by atoms with Crippen LogP contribution < -0.4 is 4.90 Å². The summed E-state index contributed by atoms with van der Waals surface area (Å²) in [6.07, 6.45) is 6.43. The van der Waals surface area contributed by atoms with E-state index in [0.717, 1.165) is 35.6 Å². The molecule has 0 radical (unpaired) electrons. The van der Waals surface area contributed by atoms with Crippen molar-refractivity contribution in [3.8, 4) is 0 Å². The molecule has 124 valence electrons. The predicted octanol–water partition coefficient (Wildman–Crippen LogP) is 3.97. The van der Waals surface area contributed by atoms with E-state index in [1.54, 1.807) is 23.1 Å². The van der Waals surface area contributed by atoms with Gasteiger partial charge in [-0.15, -0.1) is 21.5 Å². The second-order valence-electron chi connectivity index (χ2n) is 6.47. The minimum Gasteiger partial charge on any atom is -0.341 e. The van der Waals surface area contributed by atoms with Crippen molar-refractivity contribution in [1.29, 1.82) is 0 Å². The molecule has 2 fully saturated rings. The van der Waals surface area contributed by atoms with E-state index in [2.05, 4.69) is 38.5 Å². The lowest BCUT2D eigenvalue weighted by molar-refractivity contribution is 0.548. The van der Waals surface area contributed by atoms with Crippen LogP contribution in [0.4, 0.5) is 5.95 Å². The number of thiazole rings is 1. The minimum absolute atomic E-state index is 0.615. The Morgan fingerprint density at radius 2 is 1.91 bits per heavy atom. The molecule has 0 aromatic carbocycles. The number of hydrogen-bond donors (Lipinski definition) is 0. The lowest BCUT2D eigenvalue weighted by Gasteiger charge is -2.27. The third-order valence-electron chi connectivity index (χ3n) is 4.60. The van der Waals surface area contributed by atoms with E-state index in [0.29, 0.717) is 6.04 Å². The zero-order valence-corrected chi connectivity index (χ0v) is 15.4. The molecule has 0 N–H and O–H groups in total. The molecule has 1 saturated heterocycles. The molecule has 1 saturated carbocycles. The number of thioether (sulfide) groups is 1. The fourth-order valence-electron chi connectivity index (χ4n) is 3.06. The summed E-state index contributed by atoms with van der Waals surface area (Å²) < 4.78 is 2.39. The van der Waals surface area contributed by atoms with Crippen molar-refractivity contribution in [2.45, 2.75) is 62.9 Å². The SMILES string of the molecule is Cc1nc(CSc2nnc(N3CCCCC3)n2C2CC2)sc1C. The van der Waals surface area contributed by atoms with Gasteiger partial charge in [-0.1, -0.05) is 11.8 Å². The zero-order valence-electron chi connectivity index (χ0n) is 13.8. The first-order chi connectivity index (χ1) is 11.2. The number of piperidine rings is 1. The van der Waals surface area contributed by atoms with Crippen molar-refractivity contribution in [2.75, 3.05) is 18.0 Å². The second-order valence-corrected chi connectivity index (χ2v) is 8.70. The number of anilines is 1. The standard InChI is InChI=1S/C16H23N5S2/c1-11-12(2)23-14(17-11)10-22-16-19-18-15(21(16)13-6-7-13)20-8-4-3-5-9-20/h13H,3-10H2,1-2H3. The van der Waals surface area contributed by atoms with Gasteiger partial charge in [-0.25, -0.2) is 4.98 Å². The fourth-order valence-corrected chi connectivity index (χ4v) is 4.98. The van der Waals surface area contributed by atoms with Gasteiger partial charge < -0.3 is 4.90 Å². The Bertz CT molecular complexity index is 663. The molecule has 5 nitrogen and oxygen atoms in total. The van der Waals surface area contributed by atoms with Gasteiger partial charge in [0.05, 0.1) is 11.4 Å². The Labute approximate surface area is 145 Å². The highest BCUT2D eigenvalue weighted by Gasteiger charge is 2.32. The summed E-state index contributed by atoms with van der Waals surface area (Å²) in [6.45, 7) is 6.48. The highest BCUT2D eigenvalue weighted by Crippen LogP contribution is 2.41. The van der Waals surface area contributed by atoms with Gasteiger partial charge in [0.25, 0.3) is 0 Å². The summed E-state index contributed by atoms with van der Waals surface area (Å²) in [5.74, 6) is 1.99. The van der Waals surface area contributed by atoms with E-state index in [1.807, 2.05) is 0 Å². The summed E-state index contributed by atoms with van der Waals surface area (Å²) in [5, 5.41) is 11.3. The zero-order chi connectivity index (χ0) is 15.8. The van der Waals surface area contributed by atoms with E-state index in [1.165, 1.54) is 42.0 Å². The molecule has 1 aliphatic heterocycles. The van der Waals surface area contributed by atoms with Gasteiger partial charge in [-0.3, -0.25) is 4.57 Å². The largest absolute Gasteiger partial charge is 0.341 e. The minimum atomic E-state index is 0.615. The molecule has 2 aliphatic rings.